The quantitative estimate of drug-likeness (QED) is 0.182. The van der Waals surface area contributed by atoms with Crippen molar-refractivity contribution in [3.05, 3.63) is 120 Å². The average molecular weight is 638 g/mol. The monoisotopic (exact) mass is 637 g/mol. The molecule has 42 heavy (non-hydrogen) atoms. The smallest absolute Gasteiger partial charge is 1.00 e. The molecule has 9 nitrogen and oxygen atoms in total. The van der Waals surface area contributed by atoms with E-state index in [4.69, 9.17) is 25.4 Å². The maximum absolute atomic E-state index is 14.4. The number of rotatable bonds is 10. The zero-order valence-electron chi connectivity index (χ0n) is 23.3. The molecule has 5 aromatic rings. The third-order valence-corrected chi connectivity index (χ3v) is 9.67. The van der Waals surface area contributed by atoms with Gasteiger partial charge in [-0.15, -0.1) is 0 Å². The van der Waals surface area contributed by atoms with Crippen LogP contribution in [0, 0.1) is 5.82 Å². The van der Waals surface area contributed by atoms with E-state index < -0.39 is 23.6 Å². The van der Waals surface area contributed by atoms with Gasteiger partial charge >= 0.3 is 37.3 Å². The van der Waals surface area contributed by atoms with Gasteiger partial charge < -0.3 is 15.2 Å². The maximum Gasteiger partial charge on any atom is 1.00 e. The first-order valence-corrected chi connectivity index (χ1v) is 15.4. The summed E-state index contributed by atoms with van der Waals surface area (Å²) in [4.78, 5) is 3.91. The fourth-order valence-electron chi connectivity index (χ4n) is 3.88. The summed E-state index contributed by atoms with van der Waals surface area (Å²) >= 11 is 6.31. The van der Waals surface area contributed by atoms with Gasteiger partial charge in [0.25, 0.3) is 10.0 Å². The van der Waals surface area contributed by atoms with E-state index in [0.717, 1.165) is 0 Å². The summed E-state index contributed by atoms with van der Waals surface area (Å²) in [6.45, 7) is 0. The molecule has 212 valence electrons. The van der Waals surface area contributed by atoms with Gasteiger partial charge in [0.15, 0.2) is 16.7 Å². The topological polar surface area (TPSA) is 109 Å². The second-order valence-electron chi connectivity index (χ2n) is 8.50. The minimum atomic E-state index is -4.49. The van der Waals surface area contributed by atoms with Crippen molar-refractivity contribution in [2.75, 3.05) is 7.11 Å². The van der Waals surface area contributed by atoms with Crippen LogP contribution >= 0.6 is 19.3 Å². The van der Waals surface area contributed by atoms with Crippen molar-refractivity contribution < 1.29 is 62.1 Å². The Bertz CT molecular complexity index is 1790. The normalized spacial score (nSPS) is 11.4. The van der Waals surface area contributed by atoms with Crippen LogP contribution in [0.3, 0.4) is 0 Å². The first-order valence-electron chi connectivity index (χ1n) is 12.0. The van der Waals surface area contributed by atoms with E-state index in [9.17, 15) is 17.4 Å². The first kappa shape index (κ1) is 31.8. The molecule has 0 aliphatic rings. The number of nitrogens with zero attached hydrogens (tertiary/aromatic N) is 2. The van der Waals surface area contributed by atoms with Gasteiger partial charge in [0, 0.05) is 11.3 Å². The van der Waals surface area contributed by atoms with Gasteiger partial charge in [-0.05, 0) is 66.7 Å². The van der Waals surface area contributed by atoms with Crippen LogP contribution in [0.2, 0.25) is 5.15 Å². The summed E-state index contributed by atoms with van der Waals surface area (Å²) < 4.78 is 74.5. The standard InChI is InChI=1S/C28H22ClFN3O6PS.Na.H/c1-37-26-17-12-20(18-25(26)30)27-28(29)31-19-33(27)21-13-15-24(16-14-21)41(35,36)32-40(34,38-22-8-4-2-5-9-22)39-23-10-6-3-7-11-23;;/h2-19H,1H3,(H,32,34);;/q;+1;-1. The summed E-state index contributed by atoms with van der Waals surface area (Å²) in [5.41, 5.74) is 1.30. The molecule has 0 aliphatic heterocycles. The van der Waals surface area contributed by atoms with Crippen molar-refractivity contribution in [1.82, 2.24) is 14.0 Å². The predicted molar refractivity (Wildman–Crippen MR) is 154 cm³/mol. The van der Waals surface area contributed by atoms with E-state index in [1.165, 1.54) is 74.1 Å². The molecular weight excluding hydrogens is 615 g/mol. The average Bonchev–Trinajstić information content (AvgIpc) is 3.34. The van der Waals surface area contributed by atoms with Gasteiger partial charge in [-0.2, -0.15) is 0 Å². The van der Waals surface area contributed by atoms with Crippen LogP contribution in [0.25, 0.3) is 16.9 Å². The molecule has 0 radical (unpaired) electrons. The minimum Gasteiger partial charge on any atom is -1.00 e. The number of hydrogen-bond donors (Lipinski definition) is 1. The van der Waals surface area contributed by atoms with Crippen LogP contribution in [-0.4, -0.2) is 25.1 Å². The third kappa shape index (κ3) is 7.25. The van der Waals surface area contributed by atoms with Crippen LogP contribution in [0.5, 0.6) is 17.2 Å². The molecule has 0 amide bonds. The van der Waals surface area contributed by atoms with Crippen molar-refractivity contribution >= 4 is 29.4 Å². The minimum absolute atomic E-state index is 0. The Morgan fingerprint density at radius 2 is 1.48 bits per heavy atom. The van der Waals surface area contributed by atoms with Crippen LogP contribution in [0.4, 0.5) is 4.39 Å². The molecule has 5 rings (SSSR count). The van der Waals surface area contributed by atoms with E-state index >= 15 is 0 Å². The molecule has 0 spiro atoms. The summed E-state index contributed by atoms with van der Waals surface area (Å²) in [6.07, 6.45) is 1.43. The summed E-state index contributed by atoms with van der Waals surface area (Å²) in [6, 6.07) is 26.1. The second-order valence-corrected chi connectivity index (χ2v) is 12.4. The third-order valence-electron chi connectivity index (χ3n) is 5.74. The van der Waals surface area contributed by atoms with Gasteiger partial charge in [-0.25, -0.2) is 22.4 Å². The SMILES string of the molecule is COc1ccc(-c2c(Cl)ncn2-c2ccc(S(=O)(=O)NP(=O)(Oc3ccccc3)Oc3ccccc3)cc2)cc1F.[H-].[Na+]. The zero-order valence-corrected chi connectivity index (χ0v) is 26.8. The Balaban J connectivity index is 0.00000253. The Morgan fingerprint density at radius 1 is 0.905 bits per heavy atom. The Labute approximate surface area is 270 Å². The predicted octanol–water partition coefficient (Wildman–Crippen LogP) is 4.00. The van der Waals surface area contributed by atoms with Gasteiger partial charge in [-0.1, -0.05) is 52.5 Å². The number of ether oxygens (including phenoxy) is 1. The van der Waals surface area contributed by atoms with Crippen molar-refractivity contribution in [3.8, 4) is 34.2 Å². The molecule has 0 saturated carbocycles. The Kier molecular flexibility index (Phi) is 10.2. The number of methoxy groups -OCH3 is 1. The van der Waals surface area contributed by atoms with E-state index in [0.29, 0.717) is 16.9 Å². The molecule has 4 aromatic carbocycles. The summed E-state index contributed by atoms with van der Waals surface area (Å²) in [5.74, 6) is -0.224. The number of hydrogen-bond acceptors (Lipinski definition) is 7. The van der Waals surface area contributed by atoms with Gasteiger partial charge in [0.2, 0.25) is 0 Å². The largest absolute Gasteiger partial charge is 1.00 e. The van der Waals surface area contributed by atoms with Crippen molar-refractivity contribution in [1.29, 1.82) is 0 Å². The molecule has 0 aliphatic carbocycles. The van der Waals surface area contributed by atoms with E-state index in [1.807, 2.05) is 0 Å². The zero-order chi connectivity index (χ0) is 29.0. The molecule has 14 heteroatoms. The van der Waals surface area contributed by atoms with E-state index in [2.05, 4.69) is 9.48 Å². The fraction of sp³-hybridized carbons (Fsp3) is 0.0357. The van der Waals surface area contributed by atoms with Crippen LogP contribution in [0.1, 0.15) is 1.43 Å². The number of sulfonamides is 1. The summed E-state index contributed by atoms with van der Waals surface area (Å²) in [7, 11) is -7.54. The molecular formula is C28H23ClFN3NaO6PS. The van der Waals surface area contributed by atoms with Gasteiger partial charge in [0.1, 0.15) is 17.8 Å². The van der Waals surface area contributed by atoms with Crippen LogP contribution in [0.15, 0.2) is 114 Å². The van der Waals surface area contributed by atoms with E-state index in [1.54, 1.807) is 47.0 Å². The van der Waals surface area contributed by atoms with E-state index in [-0.39, 0.29) is 58.3 Å². The van der Waals surface area contributed by atoms with Crippen LogP contribution in [-0.2, 0) is 14.6 Å². The molecule has 0 fully saturated rings. The Hall–Kier alpha value is -3.15. The van der Waals surface area contributed by atoms with Gasteiger partial charge in [-0.3, -0.25) is 4.57 Å². The second kappa shape index (κ2) is 13.4. The fourth-order valence-corrected chi connectivity index (χ4v) is 7.35. The molecule has 1 N–H and O–H groups in total. The number of halogens is 2. The van der Waals surface area contributed by atoms with Gasteiger partial charge in [0.05, 0.1) is 17.7 Å². The maximum atomic E-state index is 14.4. The van der Waals surface area contributed by atoms with Crippen LogP contribution < -0.4 is 47.8 Å². The molecule has 0 atom stereocenters. The molecule has 0 unspecified atom stereocenters. The van der Waals surface area contributed by atoms with Crippen molar-refractivity contribution in [2.24, 2.45) is 0 Å². The number of para-hydroxylation sites is 2. The number of nitrogens with one attached hydrogen (secondary N) is 1. The molecule has 1 heterocycles. The number of aromatic nitrogens is 2. The summed E-state index contributed by atoms with van der Waals surface area (Å²) in [5, 5.41) is 0.116. The number of benzene rings is 4. The molecule has 0 bridgehead atoms. The van der Waals surface area contributed by atoms with Crippen molar-refractivity contribution in [2.45, 2.75) is 4.90 Å². The first-order chi connectivity index (χ1) is 19.7. The van der Waals surface area contributed by atoms with Crippen molar-refractivity contribution in [3.63, 3.8) is 0 Å². The number of imidazole rings is 1. The molecule has 1 aromatic heterocycles. The Morgan fingerprint density at radius 3 is 2.00 bits per heavy atom. The molecule has 0 saturated heterocycles.